The van der Waals surface area contributed by atoms with Crippen LogP contribution in [-0.4, -0.2) is 39.1 Å². The predicted molar refractivity (Wildman–Crippen MR) is 346 cm³/mol. The number of anilines is 1. The number of allylic oxidation sites excluding steroid dienone is 4. The average molecular weight is 1070 g/mol. The van der Waals surface area contributed by atoms with E-state index in [0.717, 1.165) is 106 Å². The zero-order valence-electron chi connectivity index (χ0n) is 52.2. The Labute approximate surface area is 479 Å². The van der Waals surface area contributed by atoms with Crippen molar-refractivity contribution in [3.8, 4) is 22.3 Å². The molecule has 0 radical (unpaired) electrons. The number of nitrogens with two attached hydrogens (primary N) is 1. The molecule has 426 valence electrons. The minimum absolute atomic E-state index is 0.0455. The van der Waals surface area contributed by atoms with Gasteiger partial charge in [0.25, 0.3) is 0 Å². The van der Waals surface area contributed by atoms with Crippen LogP contribution in [0.4, 0.5) is 5.69 Å². The third kappa shape index (κ3) is 13.8. The minimum atomic E-state index is -0.0455. The van der Waals surface area contributed by atoms with Gasteiger partial charge in [-0.3, -0.25) is 0 Å². The van der Waals surface area contributed by atoms with Crippen LogP contribution in [0.1, 0.15) is 268 Å². The van der Waals surface area contributed by atoms with E-state index in [1.165, 1.54) is 177 Å². The number of unbranched alkanes of at least 4 members (excludes halogenated alkanes) is 12. The second kappa shape index (κ2) is 26.6. The lowest BCUT2D eigenvalue weighted by atomic mass is 9.78. The molecule has 0 aliphatic carbocycles. The van der Waals surface area contributed by atoms with Crippen LogP contribution in [-0.2, 0) is 23.7 Å². The number of fused-ring (bicyclic) bond motifs is 8. The van der Waals surface area contributed by atoms with Gasteiger partial charge in [0.2, 0.25) is 0 Å². The summed E-state index contributed by atoms with van der Waals surface area (Å²) in [6.07, 6.45) is 25.4. The Bertz CT molecular complexity index is 2960. The fourth-order valence-corrected chi connectivity index (χ4v) is 12.9. The molecule has 0 saturated carbocycles. The van der Waals surface area contributed by atoms with Crippen molar-refractivity contribution in [2.24, 2.45) is 5.73 Å². The molecule has 0 unspecified atom stereocenters. The molecule has 0 spiro atoms. The molecule has 1 saturated heterocycles. The predicted octanol–water partition coefficient (Wildman–Crippen LogP) is 20.8. The van der Waals surface area contributed by atoms with E-state index < -0.39 is 0 Å². The van der Waals surface area contributed by atoms with Gasteiger partial charge in [-0.05, 0) is 194 Å². The van der Waals surface area contributed by atoms with E-state index in [0.29, 0.717) is 0 Å². The van der Waals surface area contributed by atoms with Gasteiger partial charge in [0.1, 0.15) is 0 Å². The molecule has 0 atom stereocenters. The number of aryl methyl sites for hydroxylation is 4. The number of benzene rings is 2. The lowest BCUT2D eigenvalue weighted by molar-refractivity contribution is 0.501. The summed E-state index contributed by atoms with van der Waals surface area (Å²) < 4.78 is 0. The van der Waals surface area contributed by atoms with Gasteiger partial charge in [0.05, 0.1) is 33.8 Å². The molecule has 3 aliphatic rings. The van der Waals surface area contributed by atoms with E-state index in [4.69, 9.17) is 15.7 Å². The number of aromatic nitrogens is 4. The van der Waals surface area contributed by atoms with Crippen molar-refractivity contribution in [1.82, 2.24) is 19.9 Å². The molecule has 8 bridgehead atoms. The SMILES string of the molecule is CCCCCCC1=C(C)c2nc1cc1[nH]c(c(C)c1CCCCCC)c(-c1cc(C(C)(C)C)cc(C(C)(C)C)c1)c1[nH]c(cc3nc(c2-c2ccc(N4CCC(N)CC4)cc2)C(C)=C3CCCCCC)c(CCCCCC)c1C. The number of hydrogen-bond acceptors (Lipinski definition) is 4. The monoisotopic (exact) mass is 1060 g/mol. The fraction of sp³-hybridized carbons (Fsp3) is 0.562. The standard InChI is InChI=1S/C73H104N6/c1-15-19-23-27-31-58-48(5)68-66(52-35-37-57(38-36-52)79-41-39-56(74)40-42-79)69-49(6)59(32-28-24-20-16-2)63(76-69)47-65-61(34-30-26-22-18-4)51(8)71(78-65)67(53-43-54(72(9,10)11)45-55(44-53)73(12,13)14)70-50(7)60(33-29-25-21-17-3)64(77-70)46-62(58)75-68/h35-38,43-47,56,77-78H,15-34,39-42,74H2,1-14H3. The van der Waals surface area contributed by atoms with Gasteiger partial charge in [0, 0.05) is 47.0 Å². The van der Waals surface area contributed by atoms with Crippen molar-refractivity contribution in [1.29, 1.82) is 0 Å². The van der Waals surface area contributed by atoms with Gasteiger partial charge in [-0.1, -0.05) is 177 Å². The minimum Gasteiger partial charge on any atom is -0.371 e. The molecule has 8 rings (SSSR count). The van der Waals surface area contributed by atoms with E-state index >= 15 is 0 Å². The fourth-order valence-electron chi connectivity index (χ4n) is 12.9. The lowest BCUT2D eigenvalue weighted by Crippen LogP contribution is -2.39. The molecule has 3 aromatic heterocycles. The lowest BCUT2D eigenvalue weighted by Gasteiger charge is -2.32. The summed E-state index contributed by atoms with van der Waals surface area (Å²) in [5.74, 6) is 0. The number of nitrogens with zero attached hydrogens (tertiary/aromatic N) is 3. The zero-order valence-corrected chi connectivity index (χ0v) is 52.2. The number of H-pyrrole nitrogens is 2. The highest BCUT2D eigenvalue weighted by Crippen LogP contribution is 2.46. The molecule has 1 fully saturated rings. The molecule has 0 amide bonds. The van der Waals surface area contributed by atoms with Crippen molar-refractivity contribution in [2.75, 3.05) is 18.0 Å². The maximum Gasteiger partial charge on any atom is 0.0769 e. The molecule has 6 nitrogen and oxygen atoms in total. The van der Waals surface area contributed by atoms with Crippen molar-refractivity contribution >= 4 is 50.0 Å². The summed E-state index contributed by atoms with van der Waals surface area (Å²) in [5.41, 5.74) is 35.3. The molecule has 2 aromatic carbocycles. The summed E-state index contributed by atoms with van der Waals surface area (Å²) in [5, 5.41) is 0. The topological polar surface area (TPSA) is 86.6 Å². The highest BCUT2D eigenvalue weighted by molar-refractivity contribution is 6.03. The molecule has 6 heteroatoms. The van der Waals surface area contributed by atoms with Crippen LogP contribution in [0.25, 0.3) is 66.6 Å². The smallest absolute Gasteiger partial charge is 0.0769 e. The Morgan fingerprint density at radius 2 is 0.899 bits per heavy atom. The largest absolute Gasteiger partial charge is 0.371 e. The van der Waals surface area contributed by atoms with Gasteiger partial charge in [-0.15, -0.1) is 0 Å². The maximum absolute atomic E-state index is 6.42. The van der Waals surface area contributed by atoms with Gasteiger partial charge >= 0.3 is 0 Å². The summed E-state index contributed by atoms with van der Waals surface area (Å²) in [6, 6.07) is 22.2. The van der Waals surface area contributed by atoms with Crippen LogP contribution in [0.3, 0.4) is 0 Å². The third-order valence-corrected chi connectivity index (χ3v) is 18.2. The average Bonchev–Trinajstić information content (AvgIpc) is 4.34. The second-order valence-electron chi connectivity index (χ2n) is 26.4. The number of nitrogens with one attached hydrogen (secondary N) is 2. The number of aromatic amines is 2. The summed E-state index contributed by atoms with van der Waals surface area (Å²) in [7, 11) is 0. The van der Waals surface area contributed by atoms with Crippen LogP contribution in [0.5, 0.6) is 0 Å². The van der Waals surface area contributed by atoms with Gasteiger partial charge in [-0.25, -0.2) is 9.97 Å². The summed E-state index contributed by atoms with van der Waals surface area (Å²) >= 11 is 0. The number of piperidine rings is 1. The first-order valence-corrected chi connectivity index (χ1v) is 31.9. The molecule has 5 aromatic rings. The molecule has 6 heterocycles. The van der Waals surface area contributed by atoms with Crippen LogP contribution in [0.15, 0.2) is 54.6 Å². The van der Waals surface area contributed by atoms with Crippen LogP contribution in [0, 0.1) is 13.8 Å². The van der Waals surface area contributed by atoms with Crippen molar-refractivity contribution < 1.29 is 0 Å². The van der Waals surface area contributed by atoms with Gasteiger partial charge in [0.15, 0.2) is 0 Å². The zero-order chi connectivity index (χ0) is 56.6. The van der Waals surface area contributed by atoms with E-state index in [1.807, 2.05) is 0 Å². The van der Waals surface area contributed by atoms with E-state index in [9.17, 15) is 0 Å². The Morgan fingerprint density at radius 3 is 1.29 bits per heavy atom. The van der Waals surface area contributed by atoms with E-state index in [2.05, 4.69) is 166 Å². The first-order chi connectivity index (χ1) is 37.9. The van der Waals surface area contributed by atoms with Crippen LogP contribution >= 0.6 is 0 Å². The van der Waals surface area contributed by atoms with Crippen LogP contribution < -0.4 is 10.6 Å². The highest BCUT2D eigenvalue weighted by Gasteiger charge is 2.29. The Kier molecular flexibility index (Phi) is 20.2. The van der Waals surface area contributed by atoms with E-state index in [1.54, 1.807) is 0 Å². The molecule has 4 N–H and O–H groups in total. The molecule has 79 heavy (non-hydrogen) atoms. The maximum atomic E-state index is 6.42. The normalized spacial score (nSPS) is 14.6. The van der Waals surface area contributed by atoms with Crippen molar-refractivity contribution in [3.63, 3.8) is 0 Å². The summed E-state index contributed by atoms with van der Waals surface area (Å²) in [4.78, 5) is 23.1. The molecular formula is C73H104N6. The first kappa shape index (κ1) is 59.9. The number of rotatable bonds is 23. The Hall–Kier alpha value is -5.20. The molecular weight excluding hydrogens is 961 g/mol. The Balaban J connectivity index is 1.57. The molecule has 3 aliphatic heterocycles. The quantitative estimate of drug-likeness (QED) is 0.0569. The first-order valence-electron chi connectivity index (χ1n) is 31.9. The van der Waals surface area contributed by atoms with Gasteiger partial charge < -0.3 is 20.6 Å². The van der Waals surface area contributed by atoms with E-state index in [-0.39, 0.29) is 16.9 Å². The highest BCUT2D eigenvalue weighted by atomic mass is 15.1. The van der Waals surface area contributed by atoms with Crippen molar-refractivity contribution in [3.05, 3.63) is 111 Å². The second-order valence-corrected chi connectivity index (χ2v) is 26.4. The number of hydrogen-bond donors (Lipinski definition) is 3. The van der Waals surface area contributed by atoms with Crippen molar-refractivity contribution in [2.45, 2.75) is 255 Å². The third-order valence-electron chi connectivity index (χ3n) is 18.2. The van der Waals surface area contributed by atoms with Crippen LogP contribution in [0.2, 0.25) is 0 Å². The Morgan fingerprint density at radius 1 is 0.494 bits per heavy atom. The van der Waals surface area contributed by atoms with Gasteiger partial charge in [-0.2, -0.15) is 0 Å². The summed E-state index contributed by atoms with van der Waals surface area (Å²) in [6.45, 7) is 35.1.